The van der Waals surface area contributed by atoms with Gasteiger partial charge in [-0.25, -0.2) is 9.97 Å². The number of hydrogen-bond acceptors (Lipinski definition) is 9. The van der Waals surface area contributed by atoms with Crippen LogP contribution in [0.25, 0.3) is 71.9 Å². The summed E-state index contributed by atoms with van der Waals surface area (Å²) in [5, 5.41) is 8.94. The second-order valence-corrected chi connectivity index (χ2v) is 18.7. The average Bonchev–Trinajstić information content (AvgIpc) is 3.34. The third-order valence-electron chi connectivity index (χ3n) is 11.5. The minimum absolute atomic E-state index is 0.168. The molecule has 74 heavy (non-hydrogen) atoms. The number of carbonyl (C=O) groups is 2. The normalized spacial score (nSPS) is 12.9. The number of amides is 2. The largest absolute Gasteiger partial charge is 0.534 e. The Bertz CT molecular complexity index is 3740. The van der Waals surface area contributed by atoms with Crippen LogP contribution in [-0.4, -0.2) is 75.2 Å². The lowest BCUT2D eigenvalue weighted by atomic mass is 9.92. The van der Waals surface area contributed by atoms with Gasteiger partial charge in [-0.2, -0.15) is 47.9 Å². The number of rotatable bonds is 7. The summed E-state index contributed by atoms with van der Waals surface area (Å²) in [5.74, 6) is -4.36. The van der Waals surface area contributed by atoms with Crippen molar-refractivity contribution in [3.05, 3.63) is 144 Å². The first-order valence-electron chi connectivity index (χ1n) is 21.6. The Morgan fingerprint density at radius 2 is 1.08 bits per heavy atom. The second kappa shape index (κ2) is 20.0. The van der Waals surface area contributed by atoms with Crippen LogP contribution in [0, 0.1) is 0 Å². The van der Waals surface area contributed by atoms with Gasteiger partial charge in [0.15, 0.2) is 0 Å². The number of carbonyl (C=O) groups excluding carboxylic acids is 2. The minimum atomic E-state index is -5.84. The van der Waals surface area contributed by atoms with E-state index in [1.54, 1.807) is 47.6 Å². The van der Waals surface area contributed by atoms with Crippen LogP contribution >= 0.6 is 23.2 Å². The van der Waals surface area contributed by atoms with Crippen LogP contribution in [0.5, 0.6) is 5.75 Å². The molecule has 0 radical (unpaired) electrons. The molecule has 6 aromatic carbocycles. The quantitative estimate of drug-likeness (QED) is 0.0526. The number of hydrogen-bond donors (Lipinski definition) is 2. The van der Waals surface area contributed by atoms with E-state index in [-0.39, 0.29) is 13.1 Å². The van der Waals surface area contributed by atoms with Gasteiger partial charge in [0.25, 0.3) is 0 Å². The molecule has 0 bridgehead atoms. The number of aromatic nitrogens is 2. The number of benzene rings is 6. The number of pyridine rings is 2. The maximum Gasteiger partial charge on any atom is 0.534 e. The summed E-state index contributed by atoms with van der Waals surface area (Å²) in [6.45, 7) is 2.73. The molecule has 0 saturated carbocycles. The lowest BCUT2D eigenvalue weighted by Gasteiger charge is -2.30. The highest BCUT2D eigenvalue weighted by atomic mass is 35.5. The summed E-state index contributed by atoms with van der Waals surface area (Å²) in [5.41, 5.74) is 3.13. The first kappa shape index (κ1) is 52.7. The van der Waals surface area contributed by atoms with Crippen LogP contribution in [0.2, 0.25) is 10.0 Å². The van der Waals surface area contributed by atoms with E-state index < -0.39 is 45.5 Å². The molecule has 0 aliphatic carbocycles. The average molecular weight is 1090 g/mol. The SMILES string of the molecule is C=CCNC(=O)C(F)(F)F.CN1c2ccccc2-c2nc3ccc(Cl)cc3c3cc(/C=C/CNC(=O)C(F)(F)F)cc1c23.CN1c2ccccc2-c2nc3ccc(Cl)cc3c3cc(OS(=O)(=O)C(F)(F)F)cc1c23. The highest BCUT2D eigenvalue weighted by molar-refractivity contribution is 7.88. The maximum absolute atomic E-state index is 12.9. The van der Waals surface area contributed by atoms with Crippen LogP contribution in [0.3, 0.4) is 0 Å². The number of para-hydroxylation sites is 2. The molecule has 0 spiro atoms. The number of nitrogens with one attached hydrogen (secondary N) is 2. The van der Waals surface area contributed by atoms with Gasteiger partial charge < -0.3 is 24.6 Å². The van der Waals surface area contributed by atoms with Gasteiger partial charge in [0.1, 0.15) is 5.75 Å². The molecule has 10 rings (SSSR count). The van der Waals surface area contributed by atoms with Gasteiger partial charge in [0.2, 0.25) is 0 Å². The molecule has 8 aromatic rings. The van der Waals surface area contributed by atoms with Crippen molar-refractivity contribution >= 4 is 117 Å². The Morgan fingerprint density at radius 1 is 0.622 bits per heavy atom. The standard InChI is InChI=1S/C25H17ClF3N3O.C21H12ClF3N2O3S.C5H6F3NO/c1-32-20-7-3-2-6-16(20)23-22-18(17-13-15(26)8-9-19(17)31-23)11-14(12-21(22)32)5-4-10-30-24(33)25(27,28)29;1-27-17-5-3-2-4-13(17)20-19-15(14-8-11(22)6-7-16(14)26-20)9-12(10-18(19)27)30-31(28,29)21(23,24)25;1-2-3-9-4(10)5(6,7)8/h2-9,11-13H,10H2,1H3,(H,30,33);2-10H,1H3;2H,1,3H2,(H,9,10)/b5-4+;;. The van der Waals surface area contributed by atoms with Crippen LogP contribution < -0.4 is 24.6 Å². The Morgan fingerprint density at radius 3 is 1.55 bits per heavy atom. The third kappa shape index (κ3) is 10.4. The maximum atomic E-state index is 12.9. The summed E-state index contributed by atoms with van der Waals surface area (Å²) < 4.78 is 138. The van der Waals surface area contributed by atoms with Crippen LogP contribution in [0.4, 0.5) is 62.3 Å². The van der Waals surface area contributed by atoms with Crippen molar-refractivity contribution in [2.75, 3.05) is 37.0 Å². The molecule has 0 unspecified atom stereocenters. The molecule has 2 aromatic heterocycles. The third-order valence-corrected chi connectivity index (χ3v) is 13.0. The smallest absolute Gasteiger partial charge is 0.376 e. The molecule has 11 nitrogen and oxygen atoms in total. The zero-order valence-corrected chi connectivity index (χ0v) is 40.5. The van der Waals surface area contributed by atoms with E-state index in [1.165, 1.54) is 24.3 Å². The first-order chi connectivity index (χ1) is 34.8. The van der Waals surface area contributed by atoms with E-state index in [9.17, 15) is 57.5 Å². The van der Waals surface area contributed by atoms with E-state index in [2.05, 4.69) is 15.7 Å². The Labute approximate surface area is 424 Å². The monoisotopic (exact) mass is 1080 g/mol. The number of halogens is 11. The van der Waals surface area contributed by atoms with Gasteiger partial charge in [0.05, 0.1) is 45.2 Å². The van der Waals surface area contributed by atoms with Crippen molar-refractivity contribution in [2.24, 2.45) is 0 Å². The molecule has 2 aliphatic rings. The van der Waals surface area contributed by atoms with Crippen molar-refractivity contribution in [3.8, 4) is 28.3 Å². The second-order valence-electron chi connectivity index (χ2n) is 16.3. The van der Waals surface area contributed by atoms with Crippen molar-refractivity contribution in [3.63, 3.8) is 0 Å². The van der Waals surface area contributed by atoms with Crippen LogP contribution in [0.1, 0.15) is 5.56 Å². The highest BCUT2D eigenvalue weighted by Crippen LogP contribution is 2.51. The fourth-order valence-electron chi connectivity index (χ4n) is 8.31. The minimum Gasteiger partial charge on any atom is -0.376 e. The van der Waals surface area contributed by atoms with E-state index in [1.807, 2.05) is 85.2 Å². The van der Waals surface area contributed by atoms with Crippen LogP contribution in [0.15, 0.2) is 128 Å². The van der Waals surface area contributed by atoms with Gasteiger partial charge in [-0.1, -0.05) is 77.8 Å². The van der Waals surface area contributed by atoms with E-state index in [4.69, 9.17) is 33.2 Å². The predicted molar refractivity (Wildman–Crippen MR) is 268 cm³/mol. The van der Waals surface area contributed by atoms with E-state index in [0.717, 1.165) is 61.1 Å². The molecule has 0 fully saturated rings. The van der Waals surface area contributed by atoms with Crippen LogP contribution in [-0.2, 0) is 19.7 Å². The summed E-state index contributed by atoms with van der Waals surface area (Å²) in [6.07, 6.45) is -5.34. The number of anilines is 4. The van der Waals surface area contributed by atoms with Gasteiger partial charge in [0, 0.05) is 76.0 Å². The molecule has 2 amide bonds. The summed E-state index contributed by atoms with van der Waals surface area (Å²) >= 11 is 12.4. The Hall–Kier alpha value is -7.62. The van der Waals surface area contributed by atoms with Crippen molar-refractivity contribution in [1.82, 2.24) is 20.6 Å². The van der Waals surface area contributed by atoms with Gasteiger partial charge in [-0.05, 0) is 83.1 Å². The van der Waals surface area contributed by atoms with Crippen molar-refractivity contribution < 1.29 is 61.7 Å². The van der Waals surface area contributed by atoms with Crippen molar-refractivity contribution in [1.29, 1.82) is 0 Å². The molecule has 0 atom stereocenters. The van der Waals surface area contributed by atoms with E-state index >= 15 is 0 Å². The molecule has 2 aliphatic heterocycles. The first-order valence-corrected chi connectivity index (χ1v) is 23.7. The molecule has 2 N–H and O–H groups in total. The topological polar surface area (TPSA) is 134 Å². The molecular formula is C51H35Cl2F9N6O5S. The molecule has 4 heterocycles. The van der Waals surface area contributed by atoms with Crippen molar-refractivity contribution in [2.45, 2.75) is 17.9 Å². The van der Waals surface area contributed by atoms with Gasteiger partial charge in [-0.3, -0.25) is 9.59 Å². The van der Waals surface area contributed by atoms with E-state index in [0.29, 0.717) is 43.1 Å². The molecular weight excluding hydrogens is 1050 g/mol. The number of nitrogens with zero attached hydrogens (tertiary/aromatic N) is 4. The number of fused-ring (bicyclic) bond motifs is 8. The Kier molecular flexibility index (Phi) is 14.2. The fourth-order valence-corrected chi connectivity index (χ4v) is 9.10. The summed E-state index contributed by atoms with van der Waals surface area (Å²) in [7, 11) is -2.13. The lowest BCUT2D eigenvalue weighted by molar-refractivity contribution is -0.173. The number of alkyl halides is 9. The van der Waals surface area contributed by atoms with Gasteiger partial charge >= 0.3 is 39.8 Å². The Balaban J connectivity index is 0.000000167. The zero-order chi connectivity index (χ0) is 53.7. The zero-order valence-electron chi connectivity index (χ0n) is 38.1. The lowest BCUT2D eigenvalue weighted by Crippen LogP contribution is -2.36. The van der Waals surface area contributed by atoms with Gasteiger partial charge in [-0.15, -0.1) is 6.58 Å². The molecule has 382 valence electrons. The summed E-state index contributed by atoms with van der Waals surface area (Å²) in [4.78, 5) is 34.5. The predicted octanol–water partition coefficient (Wildman–Crippen LogP) is 13.4. The highest BCUT2D eigenvalue weighted by Gasteiger charge is 2.49. The fraction of sp³-hybridized carbons (Fsp3) is 0.137. The summed E-state index contributed by atoms with van der Waals surface area (Å²) in [6, 6.07) is 32.4. The molecule has 0 saturated heterocycles. The molecule has 23 heteroatoms.